The lowest BCUT2D eigenvalue weighted by atomic mass is 10.1. The highest BCUT2D eigenvalue weighted by Gasteiger charge is 2.23. The van der Waals surface area contributed by atoms with Crippen molar-refractivity contribution in [2.75, 3.05) is 19.6 Å². The van der Waals surface area contributed by atoms with Gasteiger partial charge in [-0.2, -0.15) is 0 Å². The summed E-state index contributed by atoms with van der Waals surface area (Å²) in [7, 11) is 0. The van der Waals surface area contributed by atoms with Crippen molar-refractivity contribution in [3.05, 3.63) is 0 Å². The van der Waals surface area contributed by atoms with Gasteiger partial charge in [-0.1, -0.05) is 0 Å². The summed E-state index contributed by atoms with van der Waals surface area (Å²) in [5, 5.41) is 29.0. The van der Waals surface area contributed by atoms with Crippen molar-refractivity contribution < 1.29 is 24.9 Å². The van der Waals surface area contributed by atoms with E-state index in [1.807, 2.05) is 0 Å². The number of carbonyl (C=O) groups is 2. The zero-order valence-electron chi connectivity index (χ0n) is 8.80. The molecule has 0 aromatic rings. The normalized spacial score (nSPS) is 22.6. The Morgan fingerprint density at radius 3 is 2.75 bits per heavy atom. The third kappa shape index (κ3) is 3.67. The Hall–Kier alpha value is -1.34. The number of likely N-dealkylation sites (tertiary alicyclic amines) is 1. The number of amides is 2. The maximum atomic E-state index is 11.5. The summed E-state index contributed by atoms with van der Waals surface area (Å²) >= 11 is 0. The fraction of sp³-hybridized carbons (Fsp3) is 0.778. The summed E-state index contributed by atoms with van der Waals surface area (Å²) in [5.41, 5.74) is 0. The van der Waals surface area contributed by atoms with E-state index in [1.54, 1.807) is 0 Å². The number of piperidine rings is 1. The summed E-state index contributed by atoms with van der Waals surface area (Å²) in [6.07, 6.45) is -0.736. The monoisotopic (exact) mass is 232 g/mol. The molecule has 1 aliphatic heterocycles. The van der Waals surface area contributed by atoms with E-state index in [2.05, 4.69) is 5.32 Å². The topological polar surface area (TPSA) is 110 Å². The fourth-order valence-electron chi connectivity index (χ4n) is 1.52. The van der Waals surface area contributed by atoms with E-state index in [0.717, 1.165) is 6.42 Å². The van der Waals surface area contributed by atoms with Crippen LogP contribution < -0.4 is 5.32 Å². The Morgan fingerprint density at radius 1 is 1.50 bits per heavy atom. The molecule has 7 nitrogen and oxygen atoms in total. The lowest BCUT2D eigenvalue weighted by Gasteiger charge is -2.30. The van der Waals surface area contributed by atoms with E-state index in [1.165, 1.54) is 4.90 Å². The second-order valence-corrected chi connectivity index (χ2v) is 3.78. The molecule has 0 spiro atoms. The molecule has 1 saturated heterocycles. The molecule has 1 rings (SSSR count). The number of nitrogens with zero attached hydrogens (tertiary/aromatic N) is 1. The maximum absolute atomic E-state index is 11.5. The highest BCUT2D eigenvalue weighted by Crippen LogP contribution is 2.09. The molecule has 1 fully saturated rings. The first kappa shape index (κ1) is 12.7. The lowest BCUT2D eigenvalue weighted by Crippen LogP contribution is -2.49. The Morgan fingerprint density at radius 2 is 2.19 bits per heavy atom. The minimum absolute atomic E-state index is 0.245. The second-order valence-electron chi connectivity index (χ2n) is 3.78. The lowest BCUT2D eigenvalue weighted by molar-refractivity contribution is -0.146. The van der Waals surface area contributed by atoms with Crippen LogP contribution in [-0.2, 0) is 4.79 Å². The molecule has 0 aromatic heterocycles. The summed E-state index contributed by atoms with van der Waals surface area (Å²) in [4.78, 5) is 23.2. The molecule has 1 aliphatic rings. The minimum atomic E-state index is -1.60. The van der Waals surface area contributed by atoms with Crippen LogP contribution in [0.5, 0.6) is 0 Å². The number of nitrogens with one attached hydrogen (secondary N) is 1. The SMILES string of the molecule is O=C(O)C(O)CNC(=O)N1CCCC(O)C1. The number of carboxylic acids is 1. The molecule has 16 heavy (non-hydrogen) atoms. The Labute approximate surface area is 92.7 Å². The van der Waals surface area contributed by atoms with Crippen LogP contribution in [0.4, 0.5) is 4.79 Å². The smallest absolute Gasteiger partial charge is 0.334 e. The van der Waals surface area contributed by atoms with Crippen molar-refractivity contribution in [2.45, 2.75) is 25.0 Å². The summed E-state index contributed by atoms with van der Waals surface area (Å²) in [5.74, 6) is -1.38. The van der Waals surface area contributed by atoms with E-state index >= 15 is 0 Å². The average molecular weight is 232 g/mol. The van der Waals surface area contributed by atoms with Gasteiger partial charge in [-0.3, -0.25) is 0 Å². The van der Waals surface area contributed by atoms with Crippen LogP contribution in [0.15, 0.2) is 0 Å². The van der Waals surface area contributed by atoms with Gasteiger partial charge in [-0.25, -0.2) is 9.59 Å². The first-order valence-electron chi connectivity index (χ1n) is 5.12. The van der Waals surface area contributed by atoms with Crippen LogP contribution in [0.25, 0.3) is 0 Å². The van der Waals surface area contributed by atoms with Gasteiger partial charge in [0.25, 0.3) is 0 Å². The molecule has 92 valence electrons. The number of rotatable bonds is 3. The Bertz CT molecular complexity index is 271. The first-order valence-corrected chi connectivity index (χ1v) is 5.12. The predicted octanol–water partition coefficient (Wildman–Crippen LogP) is -1.40. The molecule has 2 unspecified atom stereocenters. The molecule has 0 aliphatic carbocycles. The van der Waals surface area contributed by atoms with Crippen molar-refractivity contribution in [1.82, 2.24) is 10.2 Å². The van der Waals surface area contributed by atoms with E-state index < -0.39 is 24.2 Å². The molecule has 2 atom stereocenters. The standard InChI is InChI=1S/C9H16N2O5/c12-6-2-1-3-11(5-6)9(16)10-4-7(13)8(14)15/h6-7,12-13H,1-5H2,(H,10,16)(H,14,15). The first-order chi connectivity index (χ1) is 7.50. The van der Waals surface area contributed by atoms with Gasteiger partial charge >= 0.3 is 12.0 Å². The van der Waals surface area contributed by atoms with E-state index in [4.69, 9.17) is 10.2 Å². The summed E-state index contributed by atoms with van der Waals surface area (Å²) in [6.45, 7) is 0.446. The number of β-amino-alcohol motifs (C(OH)–C–C–N with tert-alkyl or cyclic N) is 1. The number of carboxylic acid groups (broad SMARTS) is 1. The van der Waals surface area contributed by atoms with Crippen molar-refractivity contribution in [1.29, 1.82) is 0 Å². The Balaban J connectivity index is 2.31. The molecule has 0 aromatic carbocycles. The number of hydrogen-bond donors (Lipinski definition) is 4. The molecule has 2 amide bonds. The van der Waals surface area contributed by atoms with Crippen molar-refractivity contribution in [3.63, 3.8) is 0 Å². The van der Waals surface area contributed by atoms with Crippen molar-refractivity contribution in [3.8, 4) is 0 Å². The third-order valence-electron chi connectivity index (χ3n) is 2.42. The third-order valence-corrected chi connectivity index (χ3v) is 2.42. The Kier molecular flexibility index (Phi) is 4.51. The molecule has 0 radical (unpaired) electrons. The molecule has 4 N–H and O–H groups in total. The number of aliphatic hydroxyl groups is 2. The molecular weight excluding hydrogens is 216 g/mol. The molecule has 7 heteroatoms. The zero-order chi connectivity index (χ0) is 12.1. The highest BCUT2D eigenvalue weighted by atomic mass is 16.4. The highest BCUT2D eigenvalue weighted by molar-refractivity contribution is 5.76. The fourth-order valence-corrected chi connectivity index (χ4v) is 1.52. The largest absolute Gasteiger partial charge is 0.479 e. The maximum Gasteiger partial charge on any atom is 0.334 e. The van der Waals surface area contributed by atoms with Gasteiger partial charge in [0.05, 0.1) is 12.6 Å². The van der Waals surface area contributed by atoms with Crippen LogP contribution in [0.1, 0.15) is 12.8 Å². The van der Waals surface area contributed by atoms with Crippen LogP contribution in [0.3, 0.4) is 0 Å². The van der Waals surface area contributed by atoms with Crippen LogP contribution in [0, 0.1) is 0 Å². The van der Waals surface area contributed by atoms with Gasteiger partial charge in [0.2, 0.25) is 0 Å². The number of aliphatic hydroxyl groups excluding tert-OH is 2. The number of aliphatic carboxylic acids is 1. The second kappa shape index (κ2) is 5.66. The van der Waals surface area contributed by atoms with Gasteiger partial charge < -0.3 is 25.5 Å². The molecule has 0 saturated carbocycles. The van der Waals surface area contributed by atoms with E-state index in [0.29, 0.717) is 13.0 Å². The van der Waals surface area contributed by atoms with Crippen LogP contribution in [0.2, 0.25) is 0 Å². The number of urea groups is 1. The summed E-state index contributed by atoms with van der Waals surface area (Å²) in [6, 6.07) is -0.459. The quantitative estimate of drug-likeness (QED) is 0.478. The summed E-state index contributed by atoms with van der Waals surface area (Å²) < 4.78 is 0. The van der Waals surface area contributed by atoms with Gasteiger partial charge in [0.1, 0.15) is 0 Å². The molecule has 0 bridgehead atoms. The van der Waals surface area contributed by atoms with Gasteiger partial charge in [-0.05, 0) is 12.8 Å². The van der Waals surface area contributed by atoms with E-state index in [9.17, 15) is 14.7 Å². The number of hydrogen-bond acceptors (Lipinski definition) is 4. The van der Waals surface area contributed by atoms with Gasteiger partial charge in [-0.15, -0.1) is 0 Å². The zero-order valence-corrected chi connectivity index (χ0v) is 8.80. The number of carbonyl (C=O) groups excluding carboxylic acids is 1. The molecule has 1 heterocycles. The van der Waals surface area contributed by atoms with Gasteiger partial charge in [0, 0.05) is 13.1 Å². The van der Waals surface area contributed by atoms with Crippen LogP contribution in [-0.4, -0.2) is 64.1 Å². The predicted molar refractivity (Wildman–Crippen MR) is 53.9 cm³/mol. The molecular formula is C9H16N2O5. The average Bonchev–Trinajstić information content (AvgIpc) is 2.25. The van der Waals surface area contributed by atoms with Crippen molar-refractivity contribution in [2.24, 2.45) is 0 Å². The van der Waals surface area contributed by atoms with E-state index in [-0.39, 0.29) is 13.1 Å². The minimum Gasteiger partial charge on any atom is -0.479 e. The van der Waals surface area contributed by atoms with Crippen LogP contribution >= 0.6 is 0 Å². The van der Waals surface area contributed by atoms with Gasteiger partial charge in [0.15, 0.2) is 6.10 Å². The van der Waals surface area contributed by atoms with Crippen molar-refractivity contribution >= 4 is 12.0 Å².